The number of piperazine rings is 1. The van der Waals surface area contributed by atoms with Gasteiger partial charge in [-0.3, -0.25) is 9.59 Å². The summed E-state index contributed by atoms with van der Waals surface area (Å²) in [5.41, 5.74) is 3.18. The van der Waals surface area contributed by atoms with Crippen molar-refractivity contribution in [3.05, 3.63) is 70.8 Å². The third-order valence-corrected chi connectivity index (χ3v) is 4.96. The molecule has 0 atom stereocenters. The summed E-state index contributed by atoms with van der Waals surface area (Å²) in [6.07, 6.45) is 3.19. The van der Waals surface area contributed by atoms with Crippen molar-refractivity contribution in [2.24, 2.45) is 0 Å². The molecule has 0 radical (unpaired) electrons. The molecule has 2 amide bonds. The summed E-state index contributed by atoms with van der Waals surface area (Å²) in [5.74, 6) is -0.339. The van der Waals surface area contributed by atoms with Crippen LogP contribution in [0.25, 0.3) is 6.08 Å². The molecule has 1 N–H and O–H groups in total. The van der Waals surface area contributed by atoms with Crippen LogP contribution < -0.4 is 10.2 Å². The van der Waals surface area contributed by atoms with Crippen molar-refractivity contribution in [2.45, 2.75) is 6.92 Å². The number of hydrogen-bond acceptors (Lipinski definition) is 3. The molecule has 5 nitrogen and oxygen atoms in total. The lowest BCUT2D eigenvalue weighted by atomic mass is 10.1. The van der Waals surface area contributed by atoms with E-state index in [4.69, 9.17) is 11.6 Å². The van der Waals surface area contributed by atoms with Gasteiger partial charge in [-0.15, -0.1) is 0 Å². The van der Waals surface area contributed by atoms with Crippen molar-refractivity contribution < 1.29 is 9.59 Å². The second-order valence-corrected chi connectivity index (χ2v) is 7.25. The molecule has 1 aliphatic rings. The van der Waals surface area contributed by atoms with Crippen LogP contribution in [0.3, 0.4) is 0 Å². The van der Waals surface area contributed by atoms with Crippen LogP contribution >= 0.6 is 11.6 Å². The second-order valence-electron chi connectivity index (χ2n) is 6.81. The largest absolute Gasteiger partial charge is 0.368 e. The fourth-order valence-electron chi connectivity index (χ4n) is 3.07. The Morgan fingerprint density at radius 3 is 2.46 bits per heavy atom. The van der Waals surface area contributed by atoms with Gasteiger partial charge in [-0.2, -0.15) is 0 Å². The molecule has 1 fully saturated rings. The summed E-state index contributed by atoms with van der Waals surface area (Å²) < 4.78 is 0. The highest BCUT2D eigenvalue weighted by molar-refractivity contribution is 6.30. The number of benzene rings is 2. The zero-order valence-electron chi connectivity index (χ0n) is 15.9. The van der Waals surface area contributed by atoms with Gasteiger partial charge in [0.1, 0.15) is 0 Å². The van der Waals surface area contributed by atoms with Crippen LogP contribution in [-0.4, -0.2) is 49.4 Å². The van der Waals surface area contributed by atoms with Crippen molar-refractivity contribution >= 4 is 35.2 Å². The van der Waals surface area contributed by atoms with Crippen molar-refractivity contribution in [3.8, 4) is 0 Å². The first-order chi connectivity index (χ1) is 13.5. The van der Waals surface area contributed by atoms with Crippen LogP contribution in [0.2, 0.25) is 5.02 Å². The maximum atomic E-state index is 12.4. The number of nitrogens with one attached hydrogen (secondary N) is 1. The fraction of sp³-hybridized carbons (Fsp3) is 0.273. The number of halogens is 1. The molecule has 0 saturated carbocycles. The summed E-state index contributed by atoms with van der Waals surface area (Å²) in [6.45, 7) is 4.76. The molecule has 1 heterocycles. The van der Waals surface area contributed by atoms with Gasteiger partial charge in [0.25, 0.3) is 0 Å². The molecule has 1 saturated heterocycles. The molecule has 28 heavy (non-hydrogen) atoms. The summed E-state index contributed by atoms with van der Waals surface area (Å²) >= 11 is 6.05. The van der Waals surface area contributed by atoms with Crippen LogP contribution in [0.1, 0.15) is 11.1 Å². The number of carbonyl (C=O) groups is 2. The summed E-state index contributed by atoms with van der Waals surface area (Å²) in [5, 5.41) is 3.37. The molecule has 0 aromatic heterocycles. The van der Waals surface area contributed by atoms with Crippen LogP contribution in [0.4, 0.5) is 5.69 Å². The Hall–Kier alpha value is -2.79. The fourth-order valence-corrected chi connectivity index (χ4v) is 3.25. The number of rotatable bonds is 5. The molecule has 2 aromatic carbocycles. The van der Waals surface area contributed by atoms with E-state index in [-0.39, 0.29) is 18.4 Å². The Kier molecular flexibility index (Phi) is 6.71. The number of amides is 2. The van der Waals surface area contributed by atoms with Gasteiger partial charge in [-0.1, -0.05) is 47.5 Å². The average molecular weight is 398 g/mol. The van der Waals surface area contributed by atoms with Crippen LogP contribution in [-0.2, 0) is 9.59 Å². The molecule has 2 aromatic rings. The third kappa shape index (κ3) is 5.60. The van der Waals surface area contributed by atoms with Crippen molar-refractivity contribution in [2.75, 3.05) is 37.6 Å². The SMILES string of the molecule is Cc1ccc(/C=C/C(=O)NCC(=O)N2CCN(c3cccc(Cl)c3)CC2)cc1. The molecule has 0 bridgehead atoms. The quantitative estimate of drug-likeness (QED) is 0.788. The Morgan fingerprint density at radius 1 is 1.07 bits per heavy atom. The molecule has 0 aliphatic carbocycles. The summed E-state index contributed by atoms with van der Waals surface area (Å²) in [7, 11) is 0. The first kappa shape index (κ1) is 20.0. The highest BCUT2D eigenvalue weighted by Gasteiger charge is 2.21. The Balaban J connectivity index is 1.43. The molecular formula is C22H24ClN3O2. The molecule has 3 rings (SSSR count). The van der Waals surface area contributed by atoms with Gasteiger partial charge < -0.3 is 15.1 Å². The van der Waals surface area contributed by atoms with E-state index in [1.165, 1.54) is 11.6 Å². The van der Waals surface area contributed by atoms with Gasteiger partial charge >= 0.3 is 0 Å². The Labute approximate surface area is 170 Å². The number of aryl methyl sites for hydroxylation is 1. The normalized spacial score (nSPS) is 14.4. The summed E-state index contributed by atoms with van der Waals surface area (Å²) in [4.78, 5) is 28.3. The Morgan fingerprint density at radius 2 is 1.79 bits per heavy atom. The highest BCUT2D eigenvalue weighted by Crippen LogP contribution is 2.20. The van der Waals surface area contributed by atoms with Gasteiger partial charge in [0.15, 0.2) is 0 Å². The van der Waals surface area contributed by atoms with E-state index in [9.17, 15) is 9.59 Å². The molecule has 0 unspecified atom stereocenters. The topological polar surface area (TPSA) is 52.7 Å². The van der Waals surface area contributed by atoms with Gasteiger partial charge in [0, 0.05) is 43.0 Å². The zero-order chi connectivity index (χ0) is 19.9. The minimum Gasteiger partial charge on any atom is -0.368 e. The van der Waals surface area contributed by atoms with Gasteiger partial charge in [0.2, 0.25) is 11.8 Å². The van der Waals surface area contributed by atoms with E-state index in [0.717, 1.165) is 24.3 Å². The van der Waals surface area contributed by atoms with E-state index in [1.807, 2.05) is 55.5 Å². The highest BCUT2D eigenvalue weighted by atomic mass is 35.5. The Bertz CT molecular complexity index is 856. The number of anilines is 1. The van der Waals surface area contributed by atoms with Gasteiger partial charge in [0.05, 0.1) is 6.54 Å². The monoisotopic (exact) mass is 397 g/mol. The average Bonchev–Trinajstić information content (AvgIpc) is 2.71. The number of hydrogen-bond donors (Lipinski definition) is 1. The van der Waals surface area contributed by atoms with E-state index >= 15 is 0 Å². The van der Waals surface area contributed by atoms with Crippen molar-refractivity contribution in [1.82, 2.24) is 10.2 Å². The summed E-state index contributed by atoms with van der Waals surface area (Å²) in [6, 6.07) is 15.6. The van der Waals surface area contributed by atoms with E-state index in [0.29, 0.717) is 18.1 Å². The molecule has 0 spiro atoms. The predicted molar refractivity (Wildman–Crippen MR) is 113 cm³/mol. The van der Waals surface area contributed by atoms with E-state index < -0.39 is 0 Å². The maximum absolute atomic E-state index is 12.4. The minimum atomic E-state index is -0.272. The number of carbonyl (C=O) groups excluding carboxylic acids is 2. The van der Waals surface area contributed by atoms with Gasteiger partial charge in [-0.05, 0) is 36.8 Å². The molecular weight excluding hydrogens is 374 g/mol. The lowest BCUT2D eigenvalue weighted by Crippen LogP contribution is -2.51. The van der Waals surface area contributed by atoms with Gasteiger partial charge in [-0.25, -0.2) is 0 Å². The smallest absolute Gasteiger partial charge is 0.244 e. The molecule has 6 heteroatoms. The third-order valence-electron chi connectivity index (χ3n) is 4.72. The van der Waals surface area contributed by atoms with E-state index in [1.54, 1.807) is 11.0 Å². The van der Waals surface area contributed by atoms with Crippen molar-refractivity contribution in [3.63, 3.8) is 0 Å². The molecule has 1 aliphatic heterocycles. The molecule has 146 valence electrons. The van der Waals surface area contributed by atoms with E-state index in [2.05, 4.69) is 10.2 Å². The second kappa shape index (κ2) is 9.42. The standard InChI is InChI=1S/C22H24ClN3O2/c1-17-5-7-18(8-6-17)9-10-21(27)24-16-22(28)26-13-11-25(12-14-26)20-4-2-3-19(23)15-20/h2-10,15H,11-14,16H2,1H3,(H,24,27)/b10-9+. The first-order valence-corrected chi connectivity index (χ1v) is 9.70. The first-order valence-electron chi connectivity index (χ1n) is 9.32. The van der Waals surface area contributed by atoms with Crippen molar-refractivity contribution in [1.29, 1.82) is 0 Å². The zero-order valence-corrected chi connectivity index (χ0v) is 16.7. The maximum Gasteiger partial charge on any atom is 0.244 e. The lowest BCUT2D eigenvalue weighted by Gasteiger charge is -2.36. The van der Waals surface area contributed by atoms with Crippen LogP contribution in [0.5, 0.6) is 0 Å². The van der Waals surface area contributed by atoms with Crippen LogP contribution in [0, 0.1) is 6.92 Å². The van der Waals surface area contributed by atoms with Crippen LogP contribution in [0.15, 0.2) is 54.6 Å². The minimum absolute atomic E-state index is 0.00817. The lowest BCUT2D eigenvalue weighted by molar-refractivity contribution is -0.132. The number of nitrogens with zero attached hydrogens (tertiary/aromatic N) is 2. The predicted octanol–water partition coefficient (Wildman–Crippen LogP) is 3.13.